The highest BCUT2D eigenvalue weighted by molar-refractivity contribution is 7.91. The van der Waals surface area contributed by atoms with Crippen LogP contribution in [0.15, 0.2) is 18.2 Å². The highest BCUT2D eigenvalue weighted by Crippen LogP contribution is 2.27. The smallest absolute Gasteiger partial charge is 0.226 e. The van der Waals surface area contributed by atoms with Gasteiger partial charge in [-0.2, -0.15) is 5.10 Å². The van der Waals surface area contributed by atoms with Gasteiger partial charge in [-0.3, -0.25) is 4.79 Å². The molecule has 6 nitrogen and oxygen atoms in total. The summed E-state index contributed by atoms with van der Waals surface area (Å²) in [5, 5.41) is 7.26. The Morgan fingerprint density at radius 2 is 2.27 bits per heavy atom. The van der Waals surface area contributed by atoms with Gasteiger partial charge in [0, 0.05) is 12.5 Å². The molecule has 1 amide bonds. The van der Waals surface area contributed by atoms with Gasteiger partial charge in [0.05, 0.1) is 23.2 Å². The van der Waals surface area contributed by atoms with Crippen LogP contribution in [0.2, 0.25) is 0 Å². The monoisotopic (exact) mass is 323 g/mol. The second-order valence-electron chi connectivity index (χ2n) is 6.19. The number of anilines is 1. The first kappa shape index (κ1) is 15.3. The fraction of sp³-hybridized carbons (Fsp3) is 0.600. The summed E-state index contributed by atoms with van der Waals surface area (Å²) in [5.74, 6) is 1.16. The van der Waals surface area contributed by atoms with Gasteiger partial charge >= 0.3 is 0 Å². The zero-order valence-electron chi connectivity index (χ0n) is 12.7. The predicted molar refractivity (Wildman–Crippen MR) is 84.4 cm³/mol. The van der Waals surface area contributed by atoms with Crippen molar-refractivity contribution >= 4 is 21.6 Å². The first-order valence-electron chi connectivity index (χ1n) is 7.66. The maximum Gasteiger partial charge on any atom is 0.226 e. The Morgan fingerprint density at radius 1 is 1.45 bits per heavy atom. The van der Waals surface area contributed by atoms with Crippen molar-refractivity contribution in [2.45, 2.75) is 38.6 Å². The normalized spacial score (nSPS) is 26.4. The van der Waals surface area contributed by atoms with Gasteiger partial charge in [-0.15, -0.1) is 0 Å². The number of carbonyl (C=O) groups excluding carboxylic acids is 1. The summed E-state index contributed by atoms with van der Waals surface area (Å²) in [7, 11) is -2.98. The molecule has 1 aliphatic carbocycles. The summed E-state index contributed by atoms with van der Waals surface area (Å²) in [4.78, 5) is 12.2. The first-order chi connectivity index (χ1) is 10.4. The number of aromatic nitrogens is 2. The molecule has 1 N–H and O–H groups in total. The fourth-order valence-electron chi connectivity index (χ4n) is 3.15. The Kier molecular flexibility index (Phi) is 4.08. The summed E-state index contributed by atoms with van der Waals surface area (Å²) >= 11 is 0. The summed E-state index contributed by atoms with van der Waals surface area (Å²) in [6.07, 6.45) is 7.27. The zero-order valence-corrected chi connectivity index (χ0v) is 13.5. The summed E-state index contributed by atoms with van der Waals surface area (Å²) in [5.41, 5.74) is 0.778. The van der Waals surface area contributed by atoms with Gasteiger partial charge < -0.3 is 5.32 Å². The summed E-state index contributed by atoms with van der Waals surface area (Å²) in [6, 6.07) is 1.62. The molecule has 120 valence electrons. The van der Waals surface area contributed by atoms with E-state index in [9.17, 15) is 13.2 Å². The van der Waals surface area contributed by atoms with Gasteiger partial charge in [0.25, 0.3) is 0 Å². The van der Waals surface area contributed by atoms with Crippen LogP contribution in [-0.4, -0.2) is 35.6 Å². The van der Waals surface area contributed by atoms with Crippen LogP contribution in [0.1, 0.15) is 37.4 Å². The van der Waals surface area contributed by atoms with Crippen molar-refractivity contribution in [1.82, 2.24) is 9.78 Å². The lowest BCUT2D eigenvalue weighted by Gasteiger charge is -2.14. The van der Waals surface area contributed by atoms with Crippen LogP contribution in [0, 0.1) is 12.8 Å². The minimum absolute atomic E-state index is 0.0430. The maximum absolute atomic E-state index is 12.2. The molecule has 0 radical (unpaired) electrons. The number of nitrogens with zero attached hydrogens (tertiary/aromatic N) is 2. The Bertz CT molecular complexity index is 706. The maximum atomic E-state index is 12.2. The van der Waals surface area contributed by atoms with E-state index in [4.69, 9.17) is 0 Å². The van der Waals surface area contributed by atoms with E-state index in [0.717, 1.165) is 18.5 Å². The number of nitrogens with one attached hydrogen (secondary N) is 1. The molecule has 2 heterocycles. The number of sulfone groups is 1. The third-order valence-electron chi connectivity index (χ3n) is 4.24. The largest absolute Gasteiger partial charge is 0.311 e. The SMILES string of the molecule is Cc1cc(NC(=O)CC2C=CCC2)n(C2CCS(=O)(=O)C2)n1. The van der Waals surface area contributed by atoms with Crippen LogP contribution in [-0.2, 0) is 14.6 Å². The van der Waals surface area contributed by atoms with Gasteiger partial charge in [0.15, 0.2) is 9.84 Å². The Balaban J connectivity index is 1.71. The second kappa shape index (κ2) is 5.87. The number of hydrogen-bond acceptors (Lipinski definition) is 4. The molecule has 1 aromatic heterocycles. The quantitative estimate of drug-likeness (QED) is 0.857. The van der Waals surface area contributed by atoms with E-state index in [1.54, 1.807) is 10.7 Å². The molecular formula is C15H21N3O3S. The number of rotatable bonds is 4. The predicted octanol–water partition coefficient (Wildman–Crippen LogP) is 1.85. The summed E-state index contributed by atoms with van der Waals surface area (Å²) < 4.78 is 25.0. The van der Waals surface area contributed by atoms with Crippen molar-refractivity contribution in [2.24, 2.45) is 5.92 Å². The zero-order chi connectivity index (χ0) is 15.7. The lowest BCUT2D eigenvalue weighted by atomic mass is 10.1. The van der Waals surface area contributed by atoms with Crippen LogP contribution < -0.4 is 5.32 Å². The molecule has 1 fully saturated rings. The highest BCUT2D eigenvalue weighted by Gasteiger charge is 2.31. The third kappa shape index (κ3) is 3.40. The molecule has 3 rings (SSSR count). The lowest BCUT2D eigenvalue weighted by Crippen LogP contribution is -2.20. The Morgan fingerprint density at radius 3 is 2.91 bits per heavy atom. The first-order valence-corrected chi connectivity index (χ1v) is 9.48. The van der Waals surface area contributed by atoms with Crippen LogP contribution in [0.5, 0.6) is 0 Å². The van der Waals surface area contributed by atoms with Crippen molar-refractivity contribution < 1.29 is 13.2 Å². The number of allylic oxidation sites excluding steroid dienone is 2. The number of carbonyl (C=O) groups is 1. The van der Waals surface area contributed by atoms with Crippen molar-refractivity contribution in [2.75, 3.05) is 16.8 Å². The molecule has 0 saturated carbocycles. The standard InChI is InChI=1S/C15H21N3O3S/c1-11-8-14(16-15(19)9-12-4-2-3-5-12)18(17-11)13-6-7-22(20,21)10-13/h2,4,8,12-13H,3,5-7,9-10H2,1H3,(H,16,19). The minimum Gasteiger partial charge on any atom is -0.311 e. The Hall–Kier alpha value is -1.63. The van der Waals surface area contributed by atoms with Gasteiger partial charge in [0.1, 0.15) is 5.82 Å². The van der Waals surface area contributed by atoms with Gasteiger partial charge in [-0.25, -0.2) is 13.1 Å². The van der Waals surface area contributed by atoms with Crippen LogP contribution in [0.4, 0.5) is 5.82 Å². The molecule has 0 bridgehead atoms. The van der Waals surface area contributed by atoms with E-state index in [1.807, 2.05) is 6.92 Å². The van der Waals surface area contributed by atoms with Crippen molar-refractivity contribution in [1.29, 1.82) is 0 Å². The average Bonchev–Trinajstić information content (AvgIpc) is 3.11. The molecule has 1 aliphatic heterocycles. The van der Waals surface area contributed by atoms with E-state index in [0.29, 0.717) is 24.6 Å². The number of amides is 1. The van der Waals surface area contributed by atoms with Crippen molar-refractivity contribution in [3.05, 3.63) is 23.9 Å². The van der Waals surface area contributed by atoms with Crippen LogP contribution in [0.3, 0.4) is 0 Å². The second-order valence-corrected chi connectivity index (χ2v) is 8.42. The molecule has 0 aromatic carbocycles. The van der Waals surface area contributed by atoms with E-state index >= 15 is 0 Å². The molecular weight excluding hydrogens is 302 g/mol. The number of aryl methyl sites for hydroxylation is 1. The molecule has 2 atom stereocenters. The fourth-order valence-corrected chi connectivity index (χ4v) is 4.85. The van der Waals surface area contributed by atoms with Gasteiger partial charge in [0.2, 0.25) is 5.91 Å². The Labute approximate surface area is 130 Å². The van der Waals surface area contributed by atoms with Crippen molar-refractivity contribution in [3.63, 3.8) is 0 Å². The van der Waals surface area contributed by atoms with Crippen LogP contribution in [0.25, 0.3) is 0 Å². The molecule has 1 saturated heterocycles. The molecule has 7 heteroatoms. The highest BCUT2D eigenvalue weighted by atomic mass is 32.2. The lowest BCUT2D eigenvalue weighted by molar-refractivity contribution is -0.116. The van der Waals surface area contributed by atoms with E-state index in [-0.39, 0.29) is 23.5 Å². The van der Waals surface area contributed by atoms with Crippen molar-refractivity contribution in [3.8, 4) is 0 Å². The molecule has 0 spiro atoms. The third-order valence-corrected chi connectivity index (χ3v) is 5.99. The van der Waals surface area contributed by atoms with Crippen LogP contribution >= 0.6 is 0 Å². The van der Waals surface area contributed by atoms with E-state index < -0.39 is 9.84 Å². The van der Waals surface area contributed by atoms with E-state index in [2.05, 4.69) is 22.6 Å². The van der Waals surface area contributed by atoms with Gasteiger partial charge in [-0.05, 0) is 32.1 Å². The average molecular weight is 323 g/mol. The molecule has 1 aromatic rings. The number of hydrogen-bond donors (Lipinski definition) is 1. The van der Waals surface area contributed by atoms with E-state index in [1.165, 1.54) is 0 Å². The molecule has 2 unspecified atom stereocenters. The topological polar surface area (TPSA) is 81.1 Å². The molecule has 22 heavy (non-hydrogen) atoms. The molecule has 2 aliphatic rings. The van der Waals surface area contributed by atoms with Gasteiger partial charge in [-0.1, -0.05) is 12.2 Å². The minimum atomic E-state index is -2.98. The summed E-state index contributed by atoms with van der Waals surface area (Å²) in [6.45, 7) is 1.84.